The Kier molecular flexibility index (Phi) is 5.39. The van der Waals surface area contributed by atoms with E-state index in [2.05, 4.69) is 0 Å². The van der Waals surface area contributed by atoms with Crippen molar-refractivity contribution in [3.63, 3.8) is 0 Å². The summed E-state index contributed by atoms with van der Waals surface area (Å²) in [5.74, 6) is -2.98. The van der Waals surface area contributed by atoms with Crippen LogP contribution in [0.4, 0.5) is 13.2 Å². The number of hydrogen-bond acceptors (Lipinski definition) is 4. The van der Waals surface area contributed by atoms with Crippen molar-refractivity contribution in [3.05, 3.63) is 23.8 Å². The molecule has 1 amide bonds. The Morgan fingerprint density at radius 3 is 2.48 bits per heavy atom. The zero-order valence-corrected chi connectivity index (χ0v) is 10.9. The summed E-state index contributed by atoms with van der Waals surface area (Å²) in [6, 6.07) is 3.82. The van der Waals surface area contributed by atoms with Gasteiger partial charge in [-0.05, 0) is 18.2 Å². The summed E-state index contributed by atoms with van der Waals surface area (Å²) in [4.78, 5) is 21.4. The van der Waals surface area contributed by atoms with Crippen LogP contribution in [0.3, 0.4) is 0 Å². The largest absolute Gasteiger partial charge is 0.493 e. The Bertz CT molecular complexity index is 530. The first-order valence-electron chi connectivity index (χ1n) is 5.65. The Morgan fingerprint density at radius 2 is 1.95 bits per heavy atom. The van der Waals surface area contributed by atoms with E-state index in [1.807, 2.05) is 0 Å². The third-order valence-corrected chi connectivity index (χ3v) is 2.31. The smallest absolute Gasteiger partial charge is 0.471 e. The fourth-order valence-corrected chi connectivity index (χ4v) is 1.35. The van der Waals surface area contributed by atoms with Gasteiger partial charge in [-0.15, -0.1) is 0 Å². The number of alkyl halides is 3. The van der Waals surface area contributed by atoms with Gasteiger partial charge in [0.05, 0.1) is 19.2 Å². The minimum Gasteiger partial charge on any atom is -0.493 e. The van der Waals surface area contributed by atoms with E-state index in [0.717, 1.165) is 0 Å². The van der Waals surface area contributed by atoms with E-state index in [1.165, 1.54) is 25.3 Å². The van der Waals surface area contributed by atoms with E-state index in [9.17, 15) is 22.8 Å². The molecule has 0 fully saturated rings. The topological polar surface area (TPSA) is 84.9 Å². The SMILES string of the molecule is COc1ccc(C(=O)O)cc1OCCNC(=O)C(F)(F)F. The summed E-state index contributed by atoms with van der Waals surface area (Å²) in [5, 5.41) is 10.5. The molecule has 2 N–H and O–H groups in total. The van der Waals surface area contributed by atoms with Crippen molar-refractivity contribution in [3.8, 4) is 11.5 Å². The fourth-order valence-electron chi connectivity index (χ4n) is 1.35. The average Bonchev–Trinajstić information content (AvgIpc) is 2.41. The number of carbonyl (C=O) groups excluding carboxylic acids is 1. The number of carbonyl (C=O) groups is 2. The van der Waals surface area contributed by atoms with E-state index < -0.39 is 24.6 Å². The molecule has 1 aromatic rings. The second-order valence-corrected chi connectivity index (χ2v) is 3.77. The van der Waals surface area contributed by atoms with Crippen molar-refractivity contribution in [2.45, 2.75) is 6.18 Å². The highest BCUT2D eigenvalue weighted by molar-refractivity contribution is 5.88. The summed E-state index contributed by atoms with van der Waals surface area (Å²) < 4.78 is 45.8. The van der Waals surface area contributed by atoms with Crippen molar-refractivity contribution < 1.29 is 37.3 Å². The number of methoxy groups -OCH3 is 1. The second-order valence-electron chi connectivity index (χ2n) is 3.77. The molecule has 0 saturated heterocycles. The van der Waals surface area contributed by atoms with Crippen molar-refractivity contribution in [1.82, 2.24) is 5.32 Å². The summed E-state index contributed by atoms with van der Waals surface area (Å²) >= 11 is 0. The second kappa shape index (κ2) is 6.82. The van der Waals surface area contributed by atoms with Crippen LogP contribution < -0.4 is 14.8 Å². The van der Waals surface area contributed by atoms with Gasteiger partial charge in [0.25, 0.3) is 0 Å². The molecule has 0 atom stereocenters. The molecule has 0 aliphatic rings. The van der Waals surface area contributed by atoms with Crippen LogP contribution in [-0.2, 0) is 4.79 Å². The lowest BCUT2D eigenvalue weighted by Gasteiger charge is -2.12. The molecule has 0 radical (unpaired) electrons. The Labute approximate surface area is 117 Å². The number of nitrogens with one attached hydrogen (secondary N) is 1. The molecule has 0 unspecified atom stereocenters. The van der Waals surface area contributed by atoms with Crippen LogP contribution in [-0.4, -0.2) is 43.4 Å². The van der Waals surface area contributed by atoms with E-state index in [0.29, 0.717) is 0 Å². The summed E-state index contributed by atoms with van der Waals surface area (Å²) in [6.07, 6.45) is -4.96. The third-order valence-electron chi connectivity index (χ3n) is 2.31. The van der Waals surface area contributed by atoms with Crippen molar-refractivity contribution in [1.29, 1.82) is 0 Å². The predicted molar refractivity (Wildman–Crippen MR) is 64.5 cm³/mol. The highest BCUT2D eigenvalue weighted by Gasteiger charge is 2.38. The van der Waals surface area contributed by atoms with Gasteiger partial charge in [-0.2, -0.15) is 13.2 Å². The van der Waals surface area contributed by atoms with Gasteiger partial charge < -0.3 is 19.9 Å². The standard InChI is InChI=1S/C12H12F3NO5/c1-20-8-3-2-7(10(17)18)6-9(8)21-5-4-16-11(19)12(13,14)15/h2-3,6H,4-5H2,1H3,(H,16,19)(H,17,18). The molecule has 0 aromatic heterocycles. The molecule has 116 valence electrons. The van der Waals surface area contributed by atoms with E-state index in [1.54, 1.807) is 5.32 Å². The van der Waals surface area contributed by atoms with Crippen LogP contribution in [0.15, 0.2) is 18.2 Å². The molecular weight excluding hydrogens is 295 g/mol. The minimum absolute atomic E-state index is 0.0543. The number of halogens is 3. The normalized spacial score (nSPS) is 10.9. The third kappa shape index (κ3) is 4.86. The average molecular weight is 307 g/mol. The Balaban J connectivity index is 2.60. The van der Waals surface area contributed by atoms with Gasteiger partial charge in [0.2, 0.25) is 0 Å². The van der Waals surface area contributed by atoms with Crippen molar-refractivity contribution in [2.24, 2.45) is 0 Å². The maximum atomic E-state index is 11.9. The lowest BCUT2D eigenvalue weighted by molar-refractivity contribution is -0.173. The van der Waals surface area contributed by atoms with Gasteiger partial charge in [0, 0.05) is 0 Å². The minimum atomic E-state index is -4.96. The van der Waals surface area contributed by atoms with Crippen LogP contribution in [0.1, 0.15) is 10.4 Å². The quantitative estimate of drug-likeness (QED) is 0.777. The zero-order chi connectivity index (χ0) is 16.0. The van der Waals surface area contributed by atoms with Crippen LogP contribution in [0.25, 0.3) is 0 Å². The number of amides is 1. The highest BCUT2D eigenvalue weighted by Crippen LogP contribution is 2.28. The number of carboxylic acid groups (broad SMARTS) is 1. The summed E-state index contributed by atoms with van der Waals surface area (Å²) in [5.41, 5.74) is -0.0647. The number of benzene rings is 1. The molecule has 9 heteroatoms. The van der Waals surface area contributed by atoms with E-state index >= 15 is 0 Å². The fraction of sp³-hybridized carbons (Fsp3) is 0.333. The Hall–Kier alpha value is -2.45. The molecular formula is C12H12F3NO5. The number of rotatable bonds is 6. The molecule has 0 heterocycles. The summed E-state index contributed by atoms with van der Waals surface area (Å²) in [6.45, 7) is -0.667. The van der Waals surface area contributed by atoms with Crippen molar-refractivity contribution >= 4 is 11.9 Å². The first-order chi connectivity index (χ1) is 9.75. The monoisotopic (exact) mass is 307 g/mol. The maximum Gasteiger partial charge on any atom is 0.471 e. The first-order valence-corrected chi connectivity index (χ1v) is 5.65. The zero-order valence-electron chi connectivity index (χ0n) is 10.9. The van der Waals surface area contributed by atoms with Crippen LogP contribution in [0, 0.1) is 0 Å². The molecule has 1 aromatic carbocycles. The van der Waals surface area contributed by atoms with Crippen LogP contribution in [0.2, 0.25) is 0 Å². The molecule has 0 aliphatic carbocycles. The van der Waals surface area contributed by atoms with E-state index in [4.69, 9.17) is 14.6 Å². The summed E-state index contributed by atoms with van der Waals surface area (Å²) in [7, 11) is 1.33. The lowest BCUT2D eigenvalue weighted by atomic mass is 10.2. The predicted octanol–water partition coefficient (Wildman–Crippen LogP) is 1.45. The molecule has 21 heavy (non-hydrogen) atoms. The molecule has 0 aliphatic heterocycles. The van der Waals surface area contributed by atoms with Crippen molar-refractivity contribution in [2.75, 3.05) is 20.3 Å². The van der Waals surface area contributed by atoms with E-state index in [-0.39, 0.29) is 23.7 Å². The number of aromatic carboxylic acids is 1. The van der Waals surface area contributed by atoms with Gasteiger partial charge in [-0.3, -0.25) is 4.79 Å². The van der Waals surface area contributed by atoms with Crippen LogP contribution in [0.5, 0.6) is 11.5 Å². The van der Waals surface area contributed by atoms with Gasteiger partial charge in [0.1, 0.15) is 6.61 Å². The number of ether oxygens (including phenoxy) is 2. The maximum absolute atomic E-state index is 11.9. The van der Waals surface area contributed by atoms with Gasteiger partial charge >= 0.3 is 18.1 Å². The molecule has 0 spiro atoms. The molecule has 1 rings (SSSR count). The molecule has 0 bridgehead atoms. The Morgan fingerprint density at radius 1 is 1.29 bits per heavy atom. The highest BCUT2D eigenvalue weighted by atomic mass is 19.4. The van der Waals surface area contributed by atoms with Gasteiger partial charge in [-0.25, -0.2) is 4.79 Å². The van der Waals surface area contributed by atoms with Gasteiger partial charge in [0.15, 0.2) is 11.5 Å². The van der Waals surface area contributed by atoms with Crippen LogP contribution >= 0.6 is 0 Å². The molecule has 6 nitrogen and oxygen atoms in total. The van der Waals surface area contributed by atoms with Gasteiger partial charge in [-0.1, -0.05) is 0 Å². The number of carboxylic acids is 1. The number of hydrogen-bond donors (Lipinski definition) is 2. The molecule has 0 saturated carbocycles. The lowest BCUT2D eigenvalue weighted by Crippen LogP contribution is -2.38. The first kappa shape index (κ1) is 16.6.